The van der Waals surface area contributed by atoms with E-state index >= 15 is 0 Å². The van der Waals surface area contributed by atoms with Crippen LogP contribution in [0.15, 0.2) is 37.1 Å². The summed E-state index contributed by atoms with van der Waals surface area (Å²) in [4.78, 5) is 0. The summed E-state index contributed by atoms with van der Waals surface area (Å²) < 4.78 is 13.6. The molecule has 186 valence electrons. The molecule has 0 spiro atoms. The molecule has 0 saturated heterocycles. The van der Waals surface area contributed by atoms with Crippen LogP contribution in [0.25, 0.3) is 0 Å². The van der Waals surface area contributed by atoms with Crippen molar-refractivity contribution in [2.45, 2.75) is 110 Å². The van der Waals surface area contributed by atoms with E-state index in [0.717, 1.165) is 35.8 Å². The van der Waals surface area contributed by atoms with Gasteiger partial charge in [0.15, 0.2) is 8.32 Å². The molecule has 3 unspecified atom stereocenters. The van der Waals surface area contributed by atoms with Crippen LogP contribution in [0, 0.1) is 34.5 Å². The molecule has 0 aromatic rings. The Balaban J connectivity index is 1.45. The molecule has 7 atom stereocenters. The lowest BCUT2D eigenvalue weighted by Crippen LogP contribution is -2.54. The maximum Gasteiger partial charge on any atom is 0.248 e. The Morgan fingerprint density at radius 1 is 0.939 bits per heavy atom. The first-order valence-corrected chi connectivity index (χ1v) is 20.0. The van der Waals surface area contributed by atoms with Crippen LogP contribution in [-0.2, 0) is 8.85 Å². The molecule has 33 heavy (non-hydrogen) atoms. The molecular weight excluding hydrogens is 436 g/mol. The molecule has 0 bridgehead atoms. The van der Waals surface area contributed by atoms with Gasteiger partial charge in [-0.1, -0.05) is 26.0 Å². The van der Waals surface area contributed by atoms with E-state index in [1.807, 2.05) is 0 Å². The molecule has 0 aliphatic heterocycles. The van der Waals surface area contributed by atoms with Gasteiger partial charge in [0, 0.05) is 11.5 Å². The third-order valence-corrected chi connectivity index (χ3v) is 14.6. The lowest BCUT2D eigenvalue weighted by molar-refractivity contribution is -0.119. The summed E-state index contributed by atoms with van der Waals surface area (Å²) in [5.41, 5.74) is 0.769. The molecular formula is C29H50O2Si2. The fraction of sp³-hybridized carbons (Fsp3) is 0.793. The Bertz CT molecular complexity index is 786. The molecule has 4 aliphatic carbocycles. The second-order valence-electron chi connectivity index (χ2n) is 13.5. The molecule has 2 nitrogen and oxygen atoms in total. The maximum atomic E-state index is 6.81. The summed E-state index contributed by atoms with van der Waals surface area (Å²) in [6.07, 6.45) is 17.8. The monoisotopic (exact) mass is 486 g/mol. The minimum absolute atomic E-state index is 0.260. The zero-order valence-corrected chi connectivity index (χ0v) is 24.4. The van der Waals surface area contributed by atoms with Gasteiger partial charge >= 0.3 is 0 Å². The summed E-state index contributed by atoms with van der Waals surface area (Å²) >= 11 is 0. The molecule has 4 aliphatic rings. The standard InChI is InChI=1S/C29H50O2Si2/c1-9-19-32(5,6)30-23-15-17-28(3)22(21-23)11-12-24-25-13-14-27(31-33(7,8)20-10-2)29(25,4)18-16-26(24)28/h9-10,14,22-26H,1-2,11-13,15-21H2,3-8H3/t22-,23-,24?,25?,26?,28+,29+/m1/s1. The molecule has 0 N–H and O–H groups in total. The smallest absolute Gasteiger partial charge is 0.248 e. The van der Waals surface area contributed by atoms with Crippen molar-refractivity contribution in [3.63, 3.8) is 0 Å². The van der Waals surface area contributed by atoms with Crippen molar-refractivity contribution in [3.8, 4) is 0 Å². The van der Waals surface area contributed by atoms with Crippen LogP contribution in [0.1, 0.15) is 65.2 Å². The highest BCUT2D eigenvalue weighted by Crippen LogP contribution is 2.66. The van der Waals surface area contributed by atoms with E-state index in [9.17, 15) is 0 Å². The fourth-order valence-corrected chi connectivity index (χ4v) is 12.1. The van der Waals surface area contributed by atoms with E-state index < -0.39 is 16.6 Å². The zero-order valence-electron chi connectivity index (χ0n) is 22.4. The van der Waals surface area contributed by atoms with Gasteiger partial charge in [-0.3, -0.25) is 0 Å². The van der Waals surface area contributed by atoms with Gasteiger partial charge in [0.25, 0.3) is 0 Å². The number of fused-ring (bicyclic) bond motifs is 5. The van der Waals surface area contributed by atoms with Crippen molar-refractivity contribution < 1.29 is 8.85 Å². The maximum absolute atomic E-state index is 6.81. The van der Waals surface area contributed by atoms with Crippen LogP contribution in [0.4, 0.5) is 0 Å². The summed E-state index contributed by atoms with van der Waals surface area (Å²) in [6.45, 7) is 22.6. The Kier molecular flexibility index (Phi) is 7.06. The zero-order chi connectivity index (χ0) is 24.1. The van der Waals surface area contributed by atoms with Gasteiger partial charge in [-0.25, -0.2) is 0 Å². The summed E-state index contributed by atoms with van der Waals surface area (Å²) in [6, 6.07) is 2.10. The van der Waals surface area contributed by atoms with Gasteiger partial charge in [0.05, 0.1) is 5.76 Å². The molecule has 0 amide bonds. The molecule has 0 aromatic carbocycles. The quantitative estimate of drug-likeness (QED) is 0.252. The van der Waals surface area contributed by atoms with E-state index in [-0.39, 0.29) is 5.41 Å². The van der Waals surface area contributed by atoms with Gasteiger partial charge in [0.2, 0.25) is 8.32 Å². The first kappa shape index (κ1) is 25.5. The van der Waals surface area contributed by atoms with Crippen molar-refractivity contribution >= 4 is 16.6 Å². The average Bonchev–Trinajstić information content (AvgIpc) is 3.03. The molecule has 4 heteroatoms. The first-order chi connectivity index (χ1) is 15.4. The Labute approximate surface area is 206 Å². The second-order valence-corrected chi connectivity index (χ2v) is 21.8. The summed E-state index contributed by atoms with van der Waals surface area (Å²) in [7, 11) is -3.32. The predicted molar refractivity (Wildman–Crippen MR) is 146 cm³/mol. The van der Waals surface area contributed by atoms with Gasteiger partial charge in [-0.05, 0) is 125 Å². The topological polar surface area (TPSA) is 18.5 Å². The molecule has 3 fully saturated rings. The van der Waals surface area contributed by atoms with Crippen molar-refractivity contribution in [1.82, 2.24) is 0 Å². The highest BCUT2D eigenvalue weighted by molar-refractivity contribution is 6.72. The number of hydrogen-bond donors (Lipinski definition) is 0. The lowest BCUT2D eigenvalue weighted by Gasteiger charge is -2.61. The number of hydrogen-bond acceptors (Lipinski definition) is 2. The Hall–Kier alpha value is -0.586. The van der Waals surface area contributed by atoms with Gasteiger partial charge in [-0.2, -0.15) is 0 Å². The van der Waals surface area contributed by atoms with Gasteiger partial charge in [-0.15, -0.1) is 13.2 Å². The van der Waals surface area contributed by atoms with Gasteiger partial charge < -0.3 is 8.85 Å². The normalized spacial score (nSPS) is 40.8. The van der Waals surface area contributed by atoms with E-state index in [0.29, 0.717) is 11.5 Å². The van der Waals surface area contributed by atoms with Crippen molar-refractivity contribution in [1.29, 1.82) is 0 Å². The summed E-state index contributed by atoms with van der Waals surface area (Å²) in [5.74, 6) is 4.74. The third-order valence-electron chi connectivity index (χ3n) is 10.3. The molecule has 0 aromatic heterocycles. The fourth-order valence-electron chi connectivity index (χ4n) is 8.55. The lowest BCUT2D eigenvalue weighted by atomic mass is 9.45. The minimum atomic E-state index is -1.71. The highest BCUT2D eigenvalue weighted by Gasteiger charge is 2.59. The summed E-state index contributed by atoms with van der Waals surface area (Å²) in [5, 5.41) is 0. The van der Waals surface area contributed by atoms with Gasteiger partial charge in [0.1, 0.15) is 0 Å². The molecule has 0 radical (unpaired) electrons. The SMILES string of the molecule is C=CC[Si](C)(C)OC1=CCC2C3CC[C@@H]4C[C@H](O[Si](C)(C)CC=C)CC[C@]4(C)C3CC[C@]12C. The van der Waals surface area contributed by atoms with Crippen molar-refractivity contribution in [3.05, 3.63) is 37.1 Å². The van der Waals surface area contributed by atoms with Crippen LogP contribution in [0.3, 0.4) is 0 Å². The van der Waals surface area contributed by atoms with Crippen LogP contribution in [0.2, 0.25) is 38.3 Å². The van der Waals surface area contributed by atoms with Crippen molar-refractivity contribution in [2.75, 3.05) is 0 Å². The largest absolute Gasteiger partial charge is 0.547 e. The van der Waals surface area contributed by atoms with Crippen LogP contribution >= 0.6 is 0 Å². The van der Waals surface area contributed by atoms with Crippen LogP contribution in [-0.4, -0.2) is 22.7 Å². The molecule has 4 rings (SSSR count). The second kappa shape index (κ2) is 9.13. The van der Waals surface area contributed by atoms with E-state index in [1.165, 1.54) is 57.1 Å². The van der Waals surface area contributed by atoms with E-state index in [2.05, 4.69) is 71.4 Å². The third kappa shape index (κ3) is 4.78. The Morgan fingerprint density at radius 2 is 1.64 bits per heavy atom. The Morgan fingerprint density at radius 3 is 2.33 bits per heavy atom. The van der Waals surface area contributed by atoms with E-state index in [4.69, 9.17) is 8.85 Å². The molecule has 0 heterocycles. The number of allylic oxidation sites excluding steroid dienone is 4. The number of rotatable bonds is 8. The van der Waals surface area contributed by atoms with Crippen molar-refractivity contribution in [2.24, 2.45) is 34.5 Å². The van der Waals surface area contributed by atoms with Crippen LogP contribution < -0.4 is 0 Å². The predicted octanol–water partition coefficient (Wildman–Crippen LogP) is 8.71. The average molecular weight is 487 g/mol. The minimum Gasteiger partial charge on any atom is -0.547 e. The highest BCUT2D eigenvalue weighted by atomic mass is 28.4. The van der Waals surface area contributed by atoms with E-state index in [1.54, 1.807) is 0 Å². The van der Waals surface area contributed by atoms with Crippen LogP contribution in [0.5, 0.6) is 0 Å². The molecule has 3 saturated carbocycles. The first-order valence-electron chi connectivity index (χ1n) is 13.7.